The molecular weight excluding hydrogens is 363 g/mol. The zero-order valence-corrected chi connectivity index (χ0v) is 16.4. The van der Waals surface area contributed by atoms with E-state index in [0.29, 0.717) is 6.54 Å². The van der Waals surface area contributed by atoms with Crippen LogP contribution in [-0.2, 0) is 6.54 Å². The van der Waals surface area contributed by atoms with Crippen molar-refractivity contribution in [2.75, 3.05) is 32.7 Å². The second-order valence-corrected chi connectivity index (χ2v) is 7.96. The number of fused-ring (bicyclic) bond motifs is 1. The summed E-state index contributed by atoms with van der Waals surface area (Å²) in [6.45, 7) is 9.14. The van der Waals surface area contributed by atoms with Gasteiger partial charge in [0.1, 0.15) is 10.6 Å². The first-order valence-electron chi connectivity index (χ1n) is 9.28. The number of nitrogens with zero attached hydrogens (tertiary/aromatic N) is 4. The van der Waals surface area contributed by atoms with Crippen LogP contribution in [0.2, 0.25) is 0 Å². The first kappa shape index (κ1) is 18.1. The van der Waals surface area contributed by atoms with Crippen molar-refractivity contribution >= 4 is 27.5 Å². The van der Waals surface area contributed by atoms with Crippen molar-refractivity contribution in [1.82, 2.24) is 19.6 Å². The number of carbonyl (C=O) groups excluding carboxylic acids is 1. The van der Waals surface area contributed by atoms with Gasteiger partial charge in [-0.1, -0.05) is 19.1 Å². The Labute approximate surface area is 162 Å². The fourth-order valence-electron chi connectivity index (χ4n) is 3.51. The van der Waals surface area contributed by atoms with Crippen LogP contribution >= 0.6 is 11.3 Å². The van der Waals surface area contributed by atoms with Crippen molar-refractivity contribution < 1.29 is 9.18 Å². The molecule has 0 bridgehead atoms. The zero-order valence-electron chi connectivity index (χ0n) is 15.6. The molecule has 0 saturated carbocycles. The number of carbonyl (C=O) groups is 1. The summed E-state index contributed by atoms with van der Waals surface area (Å²) < 4.78 is 15.0. The minimum Gasteiger partial charge on any atom is -0.335 e. The SMILES string of the molecule is CCN1CCN(C(=O)c2cc3c(C)nn(Cc4ccc(F)cc4)c3s2)CC1. The maximum Gasteiger partial charge on any atom is 0.264 e. The second-order valence-electron chi connectivity index (χ2n) is 6.93. The monoisotopic (exact) mass is 386 g/mol. The second kappa shape index (κ2) is 7.40. The summed E-state index contributed by atoms with van der Waals surface area (Å²) in [6.07, 6.45) is 0. The Kier molecular flexibility index (Phi) is 4.97. The number of piperazine rings is 1. The number of likely N-dealkylation sites (N-methyl/N-ethyl adjacent to an activating group) is 1. The van der Waals surface area contributed by atoms with Crippen molar-refractivity contribution in [3.63, 3.8) is 0 Å². The highest BCUT2D eigenvalue weighted by Crippen LogP contribution is 2.30. The van der Waals surface area contributed by atoms with Crippen LogP contribution < -0.4 is 0 Å². The van der Waals surface area contributed by atoms with E-state index in [9.17, 15) is 9.18 Å². The molecular formula is C20H23FN4OS. The van der Waals surface area contributed by atoms with E-state index >= 15 is 0 Å². The molecule has 5 nitrogen and oxygen atoms in total. The lowest BCUT2D eigenvalue weighted by Gasteiger charge is -2.33. The minimum atomic E-state index is -0.243. The number of aromatic nitrogens is 2. The topological polar surface area (TPSA) is 41.4 Å². The number of aryl methyl sites for hydroxylation is 1. The quantitative estimate of drug-likeness (QED) is 0.690. The van der Waals surface area contributed by atoms with E-state index in [0.717, 1.165) is 59.1 Å². The van der Waals surface area contributed by atoms with Crippen molar-refractivity contribution in [3.05, 3.63) is 52.3 Å². The third-order valence-corrected chi connectivity index (χ3v) is 6.31. The predicted molar refractivity (Wildman–Crippen MR) is 106 cm³/mol. The Morgan fingerprint density at radius 2 is 1.89 bits per heavy atom. The third-order valence-electron chi connectivity index (χ3n) is 5.17. The van der Waals surface area contributed by atoms with Gasteiger partial charge in [0.15, 0.2) is 0 Å². The molecule has 1 saturated heterocycles. The van der Waals surface area contributed by atoms with Crippen LogP contribution in [0.15, 0.2) is 30.3 Å². The van der Waals surface area contributed by atoms with E-state index in [1.54, 1.807) is 12.1 Å². The van der Waals surface area contributed by atoms with Crippen LogP contribution in [0.1, 0.15) is 27.9 Å². The standard InChI is InChI=1S/C20H23FN4OS/c1-3-23-8-10-24(11-9-23)19(26)18-12-17-14(2)22-25(20(17)27-18)13-15-4-6-16(21)7-5-15/h4-7,12H,3,8-11,13H2,1-2H3. The predicted octanol–water partition coefficient (Wildman–Crippen LogP) is 3.37. The maximum absolute atomic E-state index is 13.1. The number of rotatable bonds is 4. The summed E-state index contributed by atoms with van der Waals surface area (Å²) >= 11 is 1.50. The number of hydrogen-bond donors (Lipinski definition) is 0. The maximum atomic E-state index is 13.1. The lowest BCUT2D eigenvalue weighted by molar-refractivity contribution is 0.0648. The molecule has 4 rings (SSSR count). The van der Waals surface area contributed by atoms with Gasteiger partial charge in [-0.15, -0.1) is 11.3 Å². The van der Waals surface area contributed by atoms with E-state index in [-0.39, 0.29) is 11.7 Å². The lowest BCUT2D eigenvalue weighted by atomic mass is 10.2. The van der Waals surface area contributed by atoms with Gasteiger partial charge in [-0.25, -0.2) is 4.39 Å². The average Bonchev–Trinajstić information content (AvgIpc) is 3.24. The molecule has 3 heterocycles. The highest BCUT2D eigenvalue weighted by molar-refractivity contribution is 7.20. The molecule has 2 aromatic heterocycles. The first-order valence-corrected chi connectivity index (χ1v) is 10.1. The lowest BCUT2D eigenvalue weighted by Crippen LogP contribution is -2.48. The molecule has 0 spiro atoms. The summed E-state index contributed by atoms with van der Waals surface area (Å²) in [7, 11) is 0. The number of halogens is 1. The Morgan fingerprint density at radius 1 is 1.19 bits per heavy atom. The van der Waals surface area contributed by atoms with Crippen molar-refractivity contribution in [1.29, 1.82) is 0 Å². The molecule has 27 heavy (non-hydrogen) atoms. The van der Waals surface area contributed by atoms with E-state index in [2.05, 4.69) is 16.9 Å². The fourth-order valence-corrected chi connectivity index (χ4v) is 4.64. The third kappa shape index (κ3) is 3.61. The van der Waals surface area contributed by atoms with E-state index in [1.807, 2.05) is 22.6 Å². The molecule has 1 fully saturated rings. The Morgan fingerprint density at radius 3 is 2.56 bits per heavy atom. The molecule has 1 aliphatic rings. The van der Waals surface area contributed by atoms with Crippen molar-refractivity contribution in [3.8, 4) is 0 Å². The molecule has 0 N–H and O–H groups in total. The van der Waals surface area contributed by atoms with Crippen molar-refractivity contribution in [2.24, 2.45) is 0 Å². The zero-order chi connectivity index (χ0) is 19.0. The fraction of sp³-hybridized carbons (Fsp3) is 0.400. The van der Waals surface area contributed by atoms with Gasteiger partial charge in [-0.2, -0.15) is 5.10 Å². The van der Waals surface area contributed by atoms with Gasteiger partial charge in [0, 0.05) is 31.6 Å². The van der Waals surface area contributed by atoms with E-state index < -0.39 is 0 Å². The Hall–Kier alpha value is -2.25. The van der Waals surface area contributed by atoms with Crippen LogP contribution in [0.5, 0.6) is 0 Å². The summed E-state index contributed by atoms with van der Waals surface area (Å²) in [6, 6.07) is 8.43. The molecule has 7 heteroatoms. The molecule has 0 radical (unpaired) electrons. The number of hydrogen-bond acceptors (Lipinski definition) is 4. The molecule has 1 aliphatic heterocycles. The molecule has 0 unspecified atom stereocenters. The van der Waals surface area contributed by atoms with Gasteiger partial charge in [0.2, 0.25) is 0 Å². The minimum absolute atomic E-state index is 0.111. The smallest absolute Gasteiger partial charge is 0.264 e. The molecule has 3 aromatic rings. The molecule has 0 atom stereocenters. The van der Waals surface area contributed by atoms with Crippen LogP contribution in [0, 0.1) is 12.7 Å². The van der Waals surface area contributed by atoms with Gasteiger partial charge in [-0.05, 0) is 37.2 Å². The molecule has 142 valence electrons. The summed E-state index contributed by atoms with van der Waals surface area (Å²) in [5, 5.41) is 5.63. The van der Waals surface area contributed by atoms with E-state index in [4.69, 9.17) is 0 Å². The molecule has 1 amide bonds. The normalized spacial score (nSPS) is 15.6. The highest BCUT2D eigenvalue weighted by atomic mass is 32.1. The van der Waals surface area contributed by atoms with Gasteiger partial charge in [0.25, 0.3) is 5.91 Å². The summed E-state index contributed by atoms with van der Waals surface area (Å²) in [5.74, 6) is -0.132. The number of amides is 1. The van der Waals surface area contributed by atoms with Gasteiger partial charge in [-0.3, -0.25) is 9.48 Å². The summed E-state index contributed by atoms with van der Waals surface area (Å²) in [4.78, 5) is 19.0. The molecule has 0 aliphatic carbocycles. The van der Waals surface area contributed by atoms with Gasteiger partial charge >= 0.3 is 0 Å². The first-order chi connectivity index (χ1) is 13.0. The average molecular weight is 386 g/mol. The van der Waals surface area contributed by atoms with Crippen LogP contribution in [0.25, 0.3) is 10.2 Å². The van der Waals surface area contributed by atoms with Gasteiger partial charge in [0.05, 0.1) is 17.1 Å². The Balaban J connectivity index is 1.57. The molecule has 1 aromatic carbocycles. The van der Waals surface area contributed by atoms with Crippen LogP contribution in [0.3, 0.4) is 0 Å². The van der Waals surface area contributed by atoms with E-state index in [1.165, 1.54) is 23.5 Å². The largest absolute Gasteiger partial charge is 0.335 e. The van der Waals surface area contributed by atoms with Crippen LogP contribution in [0.4, 0.5) is 4.39 Å². The van der Waals surface area contributed by atoms with Crippen LogP contribution in [-0.4, -0.2) is 58.2 Å². The van der Waals surface area contributed by atoms with Gasteiger partial charge < -0.3 is 9.80 Å². The summed E-state index contributed by atoms with van der Waals surface area (Å²) in [5.41, 5.74) is 1.90. The number of thiophene rings is 1. The van der Waals surface area contributed by atoms with Crippen molar-refractivity contribution in [2.45, 2.75) is 20.4 Å². The Bertz CT molecular complexity index is 954. The highest BCUT2D eigenvalue weighted by Gasteiger charge is 2.24. The number of benzene rings is 1.